The topological polar surface area (TPSA) is 91.4 Å². The average Bonchev–Trinajstić information content (AvgIpc) is 2.43. The Bertz CT molecular complexity index is 630. The van der Waals surface area contributed by atoms with Crippen molar-refractivity contribution in [1.82, 2.24) is 15.2 Å². The maximum Gasteiger partial charge on any atom is 0.275 e. The van der Waals surface area contributed by atoms with Gasteiger partial charge >= 0.3 is 0 Å². The molecular weight excluding hydrogens is 296 g/mol. The van der Waals surface area contributed by atoms with E-state index in [0.717, 1.165) is 0 Å². The van der Waals surface area contributed by atoms with E-state index in [2.05, 4.69) is 15.6 Å². The van der Waals surface area contributed by atoms with Gasteiger partial charge in [-0.25, -0.2) is 4.98 Å². The number of imide groups is 1. The van der Waals surface area contributed by atoms with Gasteiger partial charge in [0.25, 0.3) is 11.8 Å². The van der Waals surface area contributed by atoms with Crippen LogP contribution < -0.4 is 10.6 Å². The minimum atomic E-state index is -1.16. The Balaban J connectivity index is 2.43. The third-order valence-electron chi connectivity index (χ3n) is 3.34. The monoisotopic (exact) mass is 310 g/mol. The molecule has 7 nitrogen and oxygen atoms in total. The van der Waals surface area contributed by atoms with E-state index in [1.54, 1.807) is 27.0 Å². The summed E-state index contributed by atoms with van der Waals surface area (Å²) in [5, 5.41) is 5.17. The number of carbonyl (C=O) groups excluding carboxylic acids is 3. The van der Waals surface area contributed by atoms with E-state index in [-0.39, 0.29) is 17.3 Å². The summed E-state index contributed by atoms with van der Waals surface area (Å²) >= 11 is 6.01. The van der Waals surface area contributed by atoms with E-state index in [1.807, 2.05) is 0 Å². The van der Waals surface area contributed by atoms with Gasteiger partial charge in [0.2, 0.25) is 5.91 Å². The summed E-state index contributed by atoms with van der Waals surface area (Å²) in [6.45, 7) is 2.89. The minimum absolute atomic E-state index is 0.000841. The van der Waals surface area contributed by atoms with Crippen LogP contribution in [0.1, 0.15) is 24.3 Å². The fraction of sp³-hybridized carbons (Fsp3) is 0.385. The molecule has 1 aliphatic heterocycles. The van der Waals surface area contributed by atoms with Crippen LogP contribution in [0.15, 0.2) is 12.1 Å². The second kappa shape index (κ2) is 5.33. The SMILES string of the molecule is CNc1ccc(Cl)c(C(=O)N2CC(=O)NC(=O)C2(C)C)n1. The van der Waals surface area contributed by atoms with Crippen molar-refractivity contribution < 1.29 is 14.4 Å². The zero-order chi connectivity index (χ0) is 15.8. The molecule has 21 heavy (non-hydrogen) atoms. The van der Waals surface area contributed by atoms with E-state index < -0.39 is 23.3 Å². The first-order valence-corrected chi connectivity index (χ1v) is 6.65. The lowest BCUT2D eigenvalue weighted by molar-refractivity contribution is -0.143. The van der Waals surface area contributed by atoms with E-state index in [1.165, 1.54) is 11.0 Å². The van der Waals surface area contributed by atoms with Gasteiger partial charge in [-0.2, -0.15) is 0 Å². The van der Waals surface area contributed by atoms with E-state index in [0.29, 0.717) is 5.82 Å². The predicted molar refractivity (Wildman–Crippen MR) is 77.1 cm³/mol. The van der Waals surface area contributed by atoms with Gasteiger partial charge in [-0.3, -0.25) is 19.7 Å². The van der Waals surface area contributed by atoms with Gasteiger partial charge < -0.3 is 10.2 Å². The molecule has 112 valence electrons. The first-order chi connectivity index (χ1) is 9.77. The molecule has 1 aliphatic rings. The van der Waals surface area contributed by atoms with Crippen LogP contribution in [-0.4, -0.2) is 46.7 Å². The largest absolute Gasteiger partial charge is 0.373 e. The fourth-order valence-electron chi connectivity index (χ4n) is 1.97. The highest BCUT2D eigenvalue weighted by molar-refractivity contribution is 6.33. The van der Waals surface area contributed by atoms with Crippen molar-refractivity contribution in [3.8, 4) is 0 Å². The number of amides is 3. The summed E-state index contributed by atoms with van der Waals surface area (Å²) in [5.41, 5.74) is -1.16. The molecule has 0 saturated carbocycles. The molecule has 2 heterocycles. The number of hydrogen-bond donors (Lipinski definition) is 2. The Kier molecular flexibility index (Phi) is 3.87. The zero-order valence-corrected chi connectivity index (χ0v) is 12.6. The molecule has 1 fully saturated rings. The quantitative estimate of drug-likeness (QED) is 0.783. The molecule has 2 rings (SSSR count). The van der Waals surface area contributed by atoms with Crippen LogP contribution in [0.25, 0.3) is 0 Å². The summed E-state index contributed by atoms with van der Waals surface area (Å²) in [4.78, 5) is 41.3. The maximum absolute atomic E-state index is 12.6. The second-order valence-electron chi connectivity index (χ2n) is 5.10. The van der Waals surface area contributed by atoms with Crippen molar-refractivity contribution >= 4 is 35.1 Å². The molecule has 1 aromatic heterocycles. The van der Waals surface area contributed by atoms with Gasteiger partial charge in [-0.1, -0.05) is 11.6 Å². The van der Waals surface area contributed by atoms with Crippen LogP contribution in [0.2, 0.25) is 5.02 Å². The Morgan fingerprint density at radius 3 is 2.71 bits per heavy atom. The van der Waals surface area contributed by atoms with Gasteiger partial charge in [0.05, 0.1) is 5.02 Å². The van der Waals surface area contributed by atoms with E-state index in [9.17, 15) is 14.4 Å². The van der Waals surface area contributed by atoms with Gasteiger partial charge in [-0.05, 0) is 26.0 Å². The van der Waals surface area contributed by atoms with Crippen molar-refractivity contribution in [3.05, 3.63) is 22.8 Å². The number of nitrogens with one attached hydrogen (secondary N) is 2. The summed E-state index contributed by atoms with van der Waals surface area (Å²) in [6, 6.07) is 3.16. The van der Waals surface area contributed by atoms with Crippen molar-refractivity contribution in [1.29, 1.82) is 0 Å². The highest BCUT2D eigenvalue weighted by Crippen LogP contribution is 2.24. The van der Waals surface area contributed by atoms with Crippen LogP contribution in [0.5, 0.6) is 0 Å². The molecule has 0 bridgehead atoms. The van der Waals surface area contributed by atoms with Crippen molar-refractivity contribution in [2.45, 2.75) is 19.4 Å². The highest BCUT2D eigenvalue weighted by Gasteiger charge is 2.44. The van der Waals surface area contributed by atoms with Crippen molar-refractivity contribution in [2.24, 2.45) is 0 Å². The molecule has 2 N–H and O–H groups in total. The van der Waals surface area contributed by atoms with E-state index in [4.69, 9.17) is 11.6 Å². The fourth-order valence-corrected chi connectivity index (χ4v) is 2.15. The number of anilines is 1. The molecule has 3 amide bonds. The Hall–Kier alpha value is -2.15. The second-order valence-corrected chi connectivity index (χ2v) is 5.51. The number of hydrogen-bond acceptors (Lipinski definition) is 5. The lowest BCUT2D eigenvalue weighted by atomic mass is 9.98. The smallest absolute Gasteiger partial charge is 0.275 e. The van der Waals surface area contributed by atoms with Crippen LogP contribution in [0, 0.1) is 0 Å². The van der Waals surface area contributed by atoms with Crippen LogP contribution in [0.4, 0.5) is 5.82 Å². The molecule has 8 heteroatoms. The summed E-state index contributed by atoms with van der Waals surface area (Å²) in [7, 11) is 1.66. The molecule has 1 saturated heterocycles. The molecule has 0 radical (unpaired) electrons. The molecule has 0 spiro atoms. The van der Waals surface area contributed by atoms with Crippen LogP contribution in [0.3, 0.4) is 0 Å². The molecule has 1 aromatic rings. The number of pyridine rings is 1. The lowest BCUT2D eigenvalue weighted by Crippen LogP contribution is -2.65. The lowest BCUT2D eigenvalue weighted by Gasteiger charge is -2.39. The first-order valence-electron chi connectivity index (χ1n) is 6.28. The Morgan fingerprint density at radius 2 is 2.10 bits per heavy atom. The predicted octanol–water partition coefficient (Wildman–Crippen LogP) is 0.654. The van der Waals surface area contributed by atoms with Crippen LogP contribution >= 0.6 is 11.6 Å². The Labute approximate surface area is 126 Å². The number of carbonyl (C=O) groups is 3. The minimum Gasteiger partial charge on any atom is -0.373 e. The number of aromatic nitrogens is 1. The third kappa shape index (κ3) is 2.69. The van der Waals surface area contributed by atoms with Gasteiger partial charge in [0.15, 0.2) is 0 Å². The van der Waals surface area contributed by atoms with Gasteiger partial charge in [0, 0.05) is 7.05 Å². The molecule has 0 unspecified atom stereocenters. The average molecular weight is 311 g/mol. The van der Waals surface area contributed by atoms with Crippen LogP contribution in [-0.2, 0) is 9.59 Å². The third-order valence-corrected chi connectivity index (χ3v) is 3.64. The zero-order valence-electron chi connectivity index (χ0n) is 11.9. The van der Waals surface area contributed by atoms with Crippen molar-refractivity contribution in [3.63, 3.8) is 0 Å². The number of piperazine rings is 1. The normalized spacial score (nSPS) is 17.4. The number of nitrogens with zero attached hydrogens (tertiary/aromatic N) is 2. The number of halogens is 1. The maximum atomic E-state index is 12.6. The molecule has 0 atom stereocenters. The highest BCUT2D eigenvalue weighted by atomic mass is 35.5. The molecular formula is C13H15ClN4O3. The number of rotatable bonds is 2. The Morgan fingerprint density at radius 1 is 1.43 bits per heavy atom. The van der Waals surface area contributed by atoms with Gasteiger partial charge in [0.1, 0.15) is 23.6 Å². The molecule has 0 aromatic carbocycles. The summed E-state index contributed by atoms with van der Waals surface area (Å²) in [6.07, 6.45) is 0. The van der Waals surface area contributed by atoms with Gasteiger partial charge in [-0.15, -0.1) is 0 Å². The first kappa shape index (κ1) is 15.2. The molecule has 0 aliphatic carbocycles. The van der Waals surface area contributed by atoms with Crippen molar-refractivity contribution in [2.75, 3.05) is 18.9 Å². The standard InChI is InChI=1S/C13H15ClN4O3/c1-13(2)12(21)17-9(19)6-18(13)11(20)10-7(14)4-5-8(15-3)16-10/h4-5H,6H2,1-3H3,(H,15,16)(H,17,19,21). The van der Waals surface area contributed by atoms with E-state index >= 15 is 0 Å². The summed E-state index contributed by atoms with van der Waals surface area (Å²) < 4.78 is 0. The summed E-state index contributed by atoms with van der Waals surface area (Å²) in [5.74, 6) is -1.17.